The van der Waals surface area contributed by atoms with Gasteiger partial charge in [-0.25, -0.2) is 4.39 Å². The molecule has 0 spiro atoms. The number of amides is 1. The van der Waals surface area contributed by atoms with Gasteiger partial charge in [-0.3, -0.25) is 9.59 Å². The number of methoxy groups -OCH3 is 1. The highest BCUT2D eigenvalue weighted by molar-refractivity contribution is 5.97. The van der Waals surface area contributed by atoms with Crippen molar-refractivity contribution in [2.24, 2.45) is 5.41 Å². The number of ether oxygens (including phenoxy) is 1. The number of halogens is 1. The minimum Gasteiger partial charge on any atom is -0.469 e. The first-order chi connectivity index (χ1) is 9.35. The lowest BCUT2D eigenvalue weighted by molar-refractivity contribution is -0.150. The quantitative estimate of drug-likeness (QED) is 0.798. The number of anilines is 1. The summed E-state index contributed by atoms with van der Waals surface area (Å²) in [6, 6.07) is 4.37. The maximum atomic E-state index is 13.3. The summed E-state index contributed by atoms with van der Waals surface area (Å²) in [7, 11) is 1.32. The first-order valence-corrected chi connectivity index (χ1v) is 6.52. The molecule has 1 aromatic rings. The molecule has 1 aliphatic heterocycles. The summed E-state index contributed by atoms with van der Waals surface area (Å²) < 4.78 is 18.0. The van der Waals surface area contributed by atoms with Gasteiger partial charge in [0.2, 0.25) is 5.91 Å². The van der Waals surface area contributed by atoms with E-state index in [0.717, 1.165) is 5.56 Å². The monoisotopic (exact) mass is 279 g/mol. The molecule has 0 unspecified atom stereocenters. The number of benzene rings is 1. The minimum atomic E-state index is -0.812. The molecule has 1 amide bonds. The maximum Gasteiger partial charge on any atom is 0.313 e. The number of carbonyl (C=O) groups excluding carboxylic acids is 2. The normalized spacial score (nSPS) is 15.0. The van der Waals surface area contributed by atoms with E-state index in [4.69, 9.17) is 4.74 Å². The molecule has 0 saturated carbocycles. The van der Waals surface area contributed by atoms with E-state index in [1.807, 2.05) is 0 Å². The van der Waals surface area contributed by atoms with Crippen molar-refractivity contribution in [1.29, 1.82) is 0 Å². The fraction of sp³-hybridized carbons (Fsp3) is 0.467. The number of hydrogen-bond acceptors (Lipinski definition) is 3. The molecule has 5 heteroatoms. The zero-order valence-electron chi connectivity index (χ0n) is 11.9. The predicted molar refractivity (Wildman–Crippen MR) is 72.9 cm³/mol. The van der Waals surface area contributed by atoms with Crippen LogP contribution in [-0.4, -0.2) is 25.5 Å². The Morgan fingerprint density at radius 3 is 2.75 bits per heavy atom. The molecule has 0 N–H and O–H groups in total. The second-order valence-electron chi connectivity index (χ2n) is 5.63. The van der Waals surface area contributed by atoms with Crippen LogP contribution < -0.4 is 4.90 Å². The summed E-state index contributed by atoms with van der Waals surface area (Å²) in [5.74, 6) is -0.745. The van der Waals surface area contributed by atoms with Crippen LogP contribution in [0.25, 0.3) is 0 Å². The van der Waals surface area contributed by atoms with Gasteiger partial charge >= 0.3 is 5.97 Å². The SMILES string of the molecule is COC(=O)C(C)(C)CN1C(=O)CCc2cc(F)ccc21. The first kappa shape index (κ1) is 14.5. The molecule has 1 aromatic carbocycles. The molecule has 0 atom stereocenters. The molecule has 108 valence electrons. The van der Waals surface area contributed by atoms with Gasteiger partial charge in [0.15, 0.2) is 0 Å². The third kappa shape index (κ3) is 2.66. The van der Waals surface area contributed by atoms with Gasteiger partial charge in [-0.2, -0.15) is 0 Å². The predicted octanol–water partition coefficient (Wildman–Crippen LogP) is 2.30. The summed E-state index contributed by atoms with van der Waals surface area (Å²) in [6.45, 7) is 3.67. The topological polar surface area (TPSA) is 46.6 Å². The number of aryl methyl sites for hydroxylation is 1. The van der Waals surface area contributed by atoms with E-state index in [0.29, 0.717) is 18.5 Å². The Bertz CT molecular complexity index is 554. The van der Waals surface area contributed by atoms with Crippen molar-refractivity contribution in [3.05, 3.63) is 29.6 Å². The zero-order chi connectivity index (χ0) is 14.9. The Hall–Kier alpha value is -1.91. The van der Waals surface area contributed by atoms with E-state index in [1.165, 1.54) is 19.2 Å². The van der Waals surface area contributed by atoms with Crippen LogP contribution in [-0.2, 0) is 20.7 Å². The molecular weight excluding hydrogens is 261 g/mol. The van der Waals surface area contributed by atoms with Crippen LogP contribution in [0.4, 0.5) is 10.1 Å². The van der Waals surface area contributed by atoms with Crippen LogP contribution in [0.1, 0.15) is 25.8 Å². The van der Waals surface area contributed by atoms with Crippen LogP contribution in [0.3, 0.4) is 0 Å². The number of hydrogen-bond donors (Lipinski definition) is 0. The van der Waals surface area contributed by atoms with Crippen molar-refractivity contribution < 1.29 is 18.7 Å². The molecule has 0 aromatic heterocycles. The van der Waals surface area contributed by atoms with E-state index < -0.39 is 5.41 Å². The number of nitrogens with zero attached hydrogens (tertiary/aromatic N) is 1. The van der Waals surface area contributed by atoms with Crippen molar-refractivity contribution in [2.75, 3.05) is 18.6 Å². The van der Waals surface area contributed by atoms with E-state index in [9.17, 15) is 14.0 Å². The third-order valence-electron chi connectivity index (χ3n) is 3.53. The van der Waals surface area contributed by atoms with Crippen molar-refractivity contribution in [1.82, 2.24) is 0 Å². The molecule has 0 bridgehead atoms. The number of esters is 1. The largest absolute Gasteiger partial charge is 0.469 e. The molecular formula is C15H18FNO3. The lowest BCUT2D eigenvalue weighted by Gasteiger charge is -2.34. The molecule has 4 nitrogen and oxygen atoms in total. The van der Waals surface area contributed by atoms with Crippen LogP contribution >= 0.6 is 0 Å². The van der Waals surface area contributed by atoms with Gasteiger partial charge in [-0.15, -0.1) is 0 Å². The highest BCUT2D eigenvalue weighted by atomic mass is 19.1. The van der Waals surface area contributed by atoms with Crippen molar-refractivity contribution in [3.8, 4) is 0 Å². The van der Waals surface area contributed by atoms with E-state index in [1.54, 1.807) is 24.8 Å². The van der Waals surface area contributed by atoms with E-state index in [2.05, 4.69) is 0 Å². The summed E-state index contributed by atoms with van der Waals surface area (Å²) in [6.07, 6.45) is 0.856. The minimum absolute atomic E-state index is 0.0545. The van der Waals surface area contributed by atoms with Crippen LogP contribution in [0.5, 0.6) is 0 Å². The summed E-state index contributed by atoms with van der Waals surface area (Å²) in [5.41, 5.74) is 0.665. The van der Waals surface area contributed by atoms with Crippen LogP contribution in [0.15, 0.2) is 18.2 Å². The second-order valence-corrected chi connectivity index (χ2v) is 5.63. The molecule has 1 heterocycles. The average Bonchev–Trinajstić information content (AvgIpc) is 2.41. The van der Waals surface area contributed by atoms with Crippen LogP contribution in [0, 0.1) is 11.2 Å². The van der Waals surface area contributed by atoms with E-state index in [-0.39, 0.29) is 24.2 Å². The zero-order valence-corrected chi connectivity index (χ0v) is 11.9. The molecule has 20 heavy (non-hydrogen) atoms. The van der Waals surface area contributed by atoms with Gasteiger partial charge in [-0.1, -0.05) is 0 Å². The Labute approximate surface area is 117 Å². The van der Waals surface area contributed by atoms with Crippen molar-refractivity contribution in [3.63, 3.8) is 0 Å². The van der Waals surface area contributed by atoms with Gasteiger partial charge in [0.05, 0.1) is 12.5 Å². The number of fused-ring (bicyclic) bond motifs is 1. The molecule has 2 rings (SSSR count). The third-order valence-corrected chi connectivity index (χ3v) is 3.53. The molecule has 0 fully saturated rings. The lowest BCUT2D eigenvalue weighted by Crippen LogP contribution is -2.45. The Balaban J connectivity index is 2.33. The van der Waals surface area contributed by atoms with Gasteiger partial charge in [-0.05, 0) is 44.0 Å². The number of rotatable bonds is 3. The Kier molecular flexibility index (Phi) is 3.79. The fourth-order valence-corrected chi connectivity index (χ4v) is 2.44. The maximum absolute atomic E-state index is 13.3. The summed E-state index contributed by atoms with van der Waals surface area (Å²) >= 11 is 0. The molecule has 1 aliphatic rings. The highest BCUT2D eigenvalue weighted by Crippen LogP contribution is 2.31. The lowest BCUT2D eigenvalue weighted by atomic mass is 9.90. The fourth-order valence-electron chi connectivity index (χ4n) is 2.44. The molecule has 0 saturated heterocycles. The first-order valence-electron chi connectivity index (χ1n) is 6.52. The Morgan fingerprint density at radius 1 is 1.40 bits per heavy atom. The molecule has 0 radical (unpaired) electrons. The van der Waals surface area contributed by atoms with Gasteiger partial charge < -0.3 is 9.64 Å². The summed E-state index contributed by atoms with van der Waals surface area (Å²) in [4.78, 5) is 25.4. The smallest absolute Gasteiger partial charge is 0.313 e. The van der Waals surface area contributed by atoms with Gasteiger partial charge in [0.1, 0.15) is 5.82 Å². The number of carbonyl (C=O) groups is 2. The van der Waals surface area contributed by atoms with Gasteiger partial charge in [0, 0.05) is 18.7 Å². The highest BCUT2D eigenvalue weighted by Gasteiger charge is 2.35. The van der Waals surface area contributed by atoms with Gasteiger partial charge in [0.25, 0.3) is 0 Å². The Morgan fingerprint density at radius 2 is 2.10 bits per heavy atom. The van der Waals surface area contributed by atoms with Crippen LogP contribution in [0.2, 0.25) is 0 Å². The van der Waals surface area contributed by atoms with Crippen molar-refractivity contribution >= 4 is 17.6 Å². The molecule has 0 aliphatic carbocycles. The summed E-state index contributed by atoms with van der Waals surface area (Å²) in [5, 5.41) is 0. The van der Waals surface area contributed by atoms with Crippen molar-refractivity contribution in [2.45, 2.75) is 26.7 Å². The second kappa shape index (κ2) is 5.23. The van der Waals surface area contributed by atoms with E-state index >= 15 is 0 Å². The average molecular weight is 279 g/mol. The standard InChI is InChI=1S/C15H18FNO3/c1-15(2,14(19)20-3)9-17-12-6-5-11(16)8-10(12)4-7-13(17)18/h5-6,8H,4,7,9H2,1-3H3.